The minimum atomic E-state index is -4.42. The topological polar surface area (TPSA) is 78.4 Å². The molecule has 0 spiro atoms. The van der Waals surface area contributed by atoms with Crippen molar-refractivity contribution >= 4 is 47.2 Å². The van der Waals surface area contributed by atoms with Crippen LogP contribution in [-0.4, -0.2) is 36.5 Å². The number of thiazole rings is 1. The fourth-order valence-electron chi connectivity index (χ4n) is 2.34. The Labute approximate surface area is 194 Å². The molecule has 0 saturated heterocycles. The summed E-state index contributed by atoms with van der Waals surface area (Å²) in [5.74, 6) is 0.427. The number of amides is 1. The second kappa shape index (κ2) is 13.4. The minimum Gasteiger partial charge on any atom is -0.357 e. The van der Waals surface area contributed by atoms with Crippen LogP contribution < -0.4 is 16.0 Å². The number of aromatic nitrogens is 1. The highest BCUT2D eigenvalue weighted by Gasteiger charge is 2.33. The zero-order valence-electron chi connectivity index (χ0n) is 16.5. The van der Waals surface area contributed by atoms with E-state index in [9.17, 15) is 18.0 Å². The van der Waals surface area contributed by atoms with Crippen LogP contribution in [0.3, 0.4) is 0 Å². The zero-order chi connectivity index (χ0) is 21.1. The van der Waals surface area contributed by atoms with Crippen LogP contribution in [0, 0.1) is 0 Å². The summed E-state index contributed by atoms with van der Waals surface area (Å²) in [7, 11) is 0. The maximum absolute atomic E-state index is 12.6. The second-order valence-electron chi connectivity index (χ2n) is 6.07. The van der Waals surface area contributed by atoms with Crippen molar-refractivity contribution in [2.75, 3.05) is 19.6 Å². The average Bonchev–Trinajstić information content (AvgIpc) is 3.17. The molecule has 0 saturated carbocycles. The first-order valence-electron chi connectivity index (χ1n) is 9.23. The third-order valence-electron chi connectivity index (χ3n) is 3.76. The summed E-state index contributed by atoms with van der Waals surface area (Å²) in [5.41, 5.74) is 0.160. The molecule has 0 fully saturated rings. The lowest BCUT2D eigenvalue weighted by Crippen LogP contribution is -2.39. The van der Waals surface area contributed by atoms with Gasteiger partial charge in [0.25, 0.3) is 0 Å². The SMILES string of the molecule is CCNC(=NCCc1nc(C(F)(F)F)cs1)NCCC(=O)NCc1ccccc1.I. The first-order chi connectivity index (χ1) is 13.9. The predicted molar refractivity (Wildman–Crippen MR) is 123 cm³/mol. The van der Waals surface area contributed by atoms with E-state index in [1.54, 1.807) is 0 Å². The van der Waals surface area contributed by atoms with E-state index < -0.39 is 11.9 Å². The molecule has 2 aromatic rings. The number of hydrogen-bond acceptors (Lipinski definition) is 4. The Morgan fingerprint density at radius 2 is 1.90 bits per heavy atom. The number of hydrogen-bond donors (Lipinski definition) is 3. The molecule has 166 valence electrons. The number of carbonyl (C=O) groups excluding carboxylic acids is 1. The van der Waals surface area contributed by atoms with Crippen molar-refractivity contribution in [1.29, 1.82) is 0 Å². The number of guanidine groups is 1. The zero-order valence-corrected chi connectivity index (χ0v) is 19.6. The van der Waals surface area contributed by atoms with Gasteiger partial charge in [0.15, 0.2) is 11.7 Å². The van der Waals surface area contributed by atoms with E-state index in [-0.39, 0.29) is 36.3 Å². The largest absolute Gasteiger partial charge is 0.434 e. The fourth-order valence-corrected chi connectivity index (χ4v) is 3.13. The third-order valence-corrected chi connectivity index (χ3v) is 4.67. The van der Waals surface area contributed by atoms with E-state index >= 15 is 0 Å². The molecular weight excluding hydrogens is 530 g/mol. The first kappa shape index (κ1) is 26.1. The fraction of sp³-hybridized carbons (Fsp3) is 0.421. The Bertz CT molecular complexity index is 799. The molecule has 3 N–H and O–H groups in total. The van der Waals surface area contributed by atoms with Crippen molar-refractivity contribution in [1.82, 2.24) is 20.9 Å². The highest BCUT2D eigenvalue weighted by atomic mass is 127. The molecule has 1 aromatic carbocycles. The second-order valence-corrected chi connectivity index (χ2v) is 7.02. The van der Waals surface area contributed by atoms with E-state index in [0.29, 0.717) is 43.6 Å². The van der Waals surface area contributed by atoms with Gasteiger partial charge in [0.05, 0.1) is 5.01 Å². The van der Waals surface area contributed by atoms with Crippen molar-refractivity contribution in [2.24, 2.45) is 4.99 Å². The standard InChI is InChI=1S/C19H24F3N5OS.HI/c1-2-23-18(25-11-9-17-27-15(13-29-17)19(20,21)22)24-10-8-16(28)26-12-14-6-4-3-5-7-14;/h3-7,13H,2,8-12H2,1H3,(H,26,28)(H2,23,24,25);1H. The number of halogens is 4. The Morgan fingerprint density at radius 1 is 1.17 bits per heavy atom. The van der Waals surface area contributed by atoms with Gasteiger partial charge in [0.2, 0.25) is 5.91 Å². The molecule has 6 nitrogen and oxygen atoms in total. The summed E-state index contributed by atoms with van der Waals surface area (Å²) in [6, 6.07) is 9.62. The van der Waals surface area contributed by atoms with Crippen LogP contribution in [0.25, 0.3) is 0 Å². The van der Waals surface area contributed by atoms with E-state index in [0.717, 1.165) is 22.3 Å². The summed E-state index contributed by atoms with van der Waals surface area (Å²) >= 11 is 0.973. The van der Waals surface area contributed by atoms with Crippen LogP contribution in [0.2, 0.25) is 0 Å². The smallest absolute Gasteiger partial charge is 0.357 e. The van der Waals surface area contributed by atoms with E-state index in [4.69, 9.17) is 0 Å². The number of rotatable bonds is 9. The summed E-state index contributed by atoms with van der Waals surface area (Å²) in [6.45, 7) is 3.69. The molecule has 11 heteroatoms. The van der Waals surface area contributed by atoms with Gasteiger partial charge in [0.1, 0.15) is 0 Å². The van der Waals surface area contributed by atoms with Crippen LogP contribution in [-0.2, 0) is 23.9 Å². The van der Waals surface area contributed by atoms with Gasteiger partial charge in [0, 0.05) is 44.4 Å². The van der Waals surface area contributed by atoms with Crippen LogP contribution in [0.5, 0.6) is 0 Å². The van der Waals surface area contributed by atoms with Gasteiger partial charge in [-0.1, -0.05) is 30.3 Å². The van der Waals surface area contributed by atoms with Crippen LogP contribution in [0.1, 0.15) is 29.6 Å². The molecule has 0 aliphatic rings. The molecule has 1 heterocycles. The van der Waals surface area contributed by atoms with E-state index in [2.05, 4.69) is 25.9 Å². The molecule has 0 radical (unpaired) electrons. The lowest BCUT2D eigenvalue weighted by molar-refractivity contribution is -0.140. The van der Waals surface area contributed by atoms with Crippen molar-refractivity contribution in [3.05, 3.63) is 52.0 Å². The molecule has 1 amide bonds. The van der Waals surface area contributed by atoms with Gasteiger partial charge in [-0.15, -0.1) is 35.3 Å². The maximum Gasteiger partial charge on any atom is 0.434 e. The Morgan fingerprint density at radius 3 is 2.53 bits per heavy atom. The summed E-state index contributed by atoms with van der Waals surface area (Å²) < 4.78 is 37.7. The lowest BCUT2D eigenvalue weighted by atomic mass is 10.2. The van der Waals surface area contributed by atoms with Crippen molar-refractivity contribution in [3.63, 3.8) is 0 Å². The number of nitrogens with zero attached hydrogens (tertiary/aromatic N) is 2. The number of nitrogens with one attached hydrogen (secondary N) is 3. The molecule has 0 aliphatic carbocycles. The normalized spacial score (nSPS) is 11.5. The molecule has 1 aromatic heterocycles. The van der Waals surface area contributed by atoms with Gasteiger partial charge in [-0.2, -0.15) is 13.2 Å². The van der Waals surface area contributed by atoms with Gasteiger partial charge in [-0.05, 0) is 12.5 Å². The minimum absolute atomic E-state index is 0. The first-order valence-corrected chi connectivity index (χ1v) is 10.1. The number of aliphatic imine (C=N–C) groups is 1. The van der Waals surface area contributed by atoms with Gasteiger partial charge >= 0.3 is 6.18 Å². The number of benzene rings is 1. The highest BCUT2D eigenvalue weighted by molar-refractivity contribution is 14.0. The average molecular weight is 555 g/mol. The van der Waals surface area contributed by atoms with Gasteiger partial charge in [-0.25, -0.2) is 4.98 Å². The Hall–Kier alpha value is -1.89. The molecular formula is C19H25F3IN5OS. The third kappa shape index (κ3) is 9.74. The molecule has 30 heavy (non-hydrogen) atoms. The summed E-state index contributed by atoms with van der Waals surface area (Å²) in [5, 5.41) is 10.3. The monoisotopic (exact) mass is 555 g/mol. The predicted octanol–water partition coefficient (Wildman–Crippen LogP) is 3.58. The highest BCUT2D eigenvalue weighted by Crippen LogP contribution is 2.30. The quantitative estimate of drug-likeness (QED) is 0.251. The van der Waals surface area contributed by atoms with E-state index in [1.165, 1.54) is 0 Å². The lowest BCUT2D eigenvalue weighted by Gasteiger charge is -2.11. The van der Waals surface area contributed by atoms with Crippen LogP contribution >= 0.6 is 35.3 Å². The number of carbonyl (C=O) groups is 1. The van der Waals surface area contributed by atoms with Crippen molar-refractivity contribution in [3.8, 4) is 0 Å². The molecule has 0 atom stereocenters. The molecule has 2 rings (SSSR count). The van der Waals surface area contributed by atoms with Crippen LogP contribution in [0.15, 0.2) is 40.7 Å². The molecule has 0 bridgehead atoms. The van der Waals surface area contributed by atoms with Gasteiger partial charge < -0.3 is 16.0 Å². The van der Waals surface area contributed by atoms with E-state index in [1.807, 2.05) is 37.3 Å². The van der Waals surface area contributed by atoms with Crippen LogP contribution in [0.4, 0.5) is 13.2 Å². The Balaban J connectivity index is 0.00000450. The van der Waals surface area contributed by atoms with Crippen molar-refractivity contribution in [2.45, 2.75) is 32.5 Å². The summed E-state index contributed by atoms with van der Waals surface area (Å²) in [4.78, 5) is 19.8. The van der Waals surface area contributed by atoms with Gasteiger partial charge in [-0.3, -0.25) is 9.79 Å². The van der Waals surface area contributed by atoms with Crippen molar-refractivity contribution < 1.29 is 18.0 Å². The molecule has 0 aliphatic heterocycles. The maximum atomic E-state index is 12.6. The molecule has 0 unspecified atom stereocenters. The Kier molecular flexibility index (Phi) is 11.7. The number of alkyl halides is 3. The summed E-state index contributed by atoms with van der Waals surface area (Å²) in [6.07, 6.45) is -3.83.